The lowest BCUT2D eigenvalue weighted by atomic mass is 10.0. The molecule has 0 unspecified atom stereocenters. The largest absolute Gasteiger partial charge is 0.481 e. The summed E-state index contributed by atoms with van der Waals surface area (Å²) in [6.45, 7) is 0.420. The van der Waals surface area contributed by atoms with Crippen molar-refractivity contribution in [1.29, 1.82) is 0 Å². The Bertz CT molecular complexity index is 2250. The summed E-state index contributed by atoms with van der Waals surface area (Å²) in [6.07, 6.45) is 4.43. The number of hydrogen-bond donors (Lipinski definition) is 13. The van der Waals surface area contributed by atoms with Crippen LogP contribution in [0.15, 0.2) is 78.3 Å². The third-order valence-corrected chi connectivity index (χ3v) is 10.1. The molecule has 22 nitrogen and oxygen atoms in total. The van der Waals surface area contributed by atoms with Crippen LogP contribution in [0.25, 0.3) is 10.9 Å². The van der Waals surface area contributed by atoms with E-state index in [1.807, 2.05) is 24.3 Å². The Morgan fingerprint density at radius 3 is 1.97 bits per heavy atom. The number of aliphatic imine (C=N–C) groups is 1. The number of benzene rings is 2. The van der Waals surface area contributed by atoms with E-state index in [4.69, 9.17) is 30.1 Å². The van der Waals surface area contributed by atoms with Crippen molar-refractivity contribution in [3.63, 3.8) is 0 Å². The van der Waals surface area contributed by atoms with Crippen LogP contribution in [0.2, 0.25) is 1.41 Å². The second-order valence-electron chi connectivity index (χ2n) is 15.1. The van der Waals surface area contributed by atoms with E-state index in [-0.39, 0.29) is 56.3 Å². The molecule has 2 aromatic carbocycles. The molecule has 18 N–H and O–H groups in total. The zero-order valence-electron chi connectivity index (χ0n) is 36.2. The van der Waals surface area contributed by atoms with Gasteiger partial charge in [-0.1, -0.05) is 48.5 Å². The minimum Gasteiger partial charge on any atom is -0.481 e. The fourth-order valence-corrected chi connectivity index (χ4v) is 6.75. The van der Waals surface area contributed by atoms with Gasteiger partial charge in [-0.25, -0.2) is 4.98 Å². The van der Waals surface area contributed by atoms with E-state index in [0.717, 1.165) is 10.9 Å². The summed E-state index contributed by atoms with van der Waals surface area (Å²) in [5.41, 5.74) is 30.5. The van der Waals surface area contributed by atoms with E-state index in [2.05, 4.69) is 41.2 Å². The number of carboxylic acid groups (broad SMARTS) is 1. The summed E-state index contributed by atoms with van der Waals surface area (Å²) >= 11 is 0. The van der Waals surface area contributed by atoms with Gasteiger partial charge in [0.15, 0.2) is 7.37 Å². The predicted octanol–water partition coefficient (Wildman–Crippen LogP) is -2.19. The van der Waals surface area contributed by atoms with Crippen LogP contribution in [-0.2, 0) is 52.8 Å². The maximum atomic E-state index is 14.4. The van der Waals surface area contributed by atoms with Crippen molar-refractivity contribution in [2.45, 2.75) is 94.0 Å². The number of nitrogens with one attached hydrogen (secondary N) is 7. The molecule has 4 rings (SSSR count). The van der Waals surface area contributed by atoms with Crippen molar-refractivity contribution in [1.82, 2.24) is 41.5 Å². The molecule has 4 aromatic rings. The summed E-state index contributed by atoms with van der Waals surface area (Å²) in [5, 5.41) is 21.0. The van der Waals surface area contributed by atoms with Crippen LogP contribution >= 0.6 is 0 Å². The molecule has 64 heavy (non-hydrogen) atoms. The number of rotatable bonds is 27. The molecule has 2 aromatic heterocycles. The second kappa shape index (κ2) is 24.9. The Balaban J connectivity index is 1.67. The number of H-pyrrole nitrogens is 2. The van der Waals surface area contributed by atoms with Crippen molar-refractivity contribution >= 4 is 58.3 Å². The van der Waals surface area contributed by atoms with Crippen LogP contribution in [-0.4, -0.2) is 117 Å². The summed E-state index contributed by atoms with van der Waals surface area (Å²) < 4.78 is 8.60. The van der Waals surface area contributed by atoms with Crippen molar-refractivity contribution in [3.05, 3.63) is 90.1 Å². The number of nitrogens with two attached hydrogens (primary N) is 5. The normalized spacial score (nSPS) is 14.1. The number of fused-ring (bicyclic) bond motifs is 1. The molecule has 6 atom stereocenters. The molecule has 0 saturated carbocycles. The Morgan fingerprint density at radius 1 is 0.719 bits per heavy atom. The molecule has 0 bridgehead atoms. The SMILES string of the molecule is [2H]N(C(=O)[C@@H](N)CC(=O)O)[C@@H](Cc1cnc[nH]1)C(=O)N[C@@H](Cc1ccccc1)C(=O)N[C@@H](CCCN=C(N)N)C(=O)N[C@@H](Cc1c[nH]c2ccccc12)C(=O)N[C@@H](CCCCN)C(N)=O. The molecule has 344 valence electrons. The highest BCUT2D eigenvalue weighted by Gasteiger charge is 2.33. The number of para-hydroxylation sites is 1. The minimum absolute atomic E-state index is 0.0482. The first-order valence-electron chi connectivity index (χ1n) is 21.1. The van der Waals surface area contributed by atoms with Gasteiger partial charge >= 0.3 is 5.97 Å². The highest BCUT2D eigenvalue weighted by atomic mass is 16.4. The monoisotopic (exact) mass is 887 g/mol. The summed E-state index contributed by atoms with van der Waals surface area (Å²) in [5.74, 6) is -6.93. The molecule has 0 spiro atoms. The lowest BCUT2D eigenvalue weighted by molar-refractivity contribution is -0.140. The highest BCUT2D eigenvalue weighted by molar-refractivity contribution is 5.97. The first kappa shape index (κ1) is 47.7. The first-order chi connectivity index (χ1) is 31.1. The van der Waals surface area contributed by atoms with Crippen LogP contribution in [0, 0.1) is 0 Å². The van der Waals surface area contributed by atoms with Crippen LogP contribution in [0.1, 0.15) is 55.3 Å². The van der Waals surface area contributed by atoms with Crippen molar-refractivity contribution in [3.8, 4) is 0 Å². The Hall–Kier alpha value is -7.33. The molecule has 0 radical (unpaired) electrons. The average Bonchev–Trinajstić information content (AvgIpc) is 3.95. The molecular weight excluding hydrogens is 829 g/mol. The quantitative estimate of drug-likeness (QED) is 0.0172. The van der Waals surface area contributed by atoms with Gasteiger partial charge in [0, 0.05) is 54.8 Å². The fraction of sp³-hybridized carbons (Fsp3) is 0.405. The lowest BCUT2D eigenvalue weighted by Gasteiger charge is -2.27. The molecule has 0 saturated heterocycles. The van der Waals surface area contributed by atoms with Gasteiger partial charge in [-0.15, -0.1) is 0 Å². The van der Waals surface area contributed by atoms with Crippen molar-refractivity contribution in [2.24, 2.45) is 33.7 Å². The number of guanidine groups is 1. The van der Waals surface area contributed by atoms with Gasteiger partial charge < -0.3 is 70.3 Å². The van der Waals surface area contributed by atoms with Crippen LogP contribution in [0.3, 0.4) is 0 Å². The first-order valence-corrected chi connectivity index (χ1v) is 20.7. The molecule has 6 amide bonds. The van der Waals surface area contributed by atoms with E-state index in [9.17, 15) is 38.7 Å². The third kappa shape index (κ3) is 15.9. The van der Waals surface area contributed by atoms with Crippen molar-refractivity contribution < 1.29 is 40.1 Å². The topological polar surface area (TPSA) is 387 Å². The van der Waals surface area contributed by atoms with Gasteiger partial charge in [0.2, 0.25) is 35.4 Å². The van der Waals surface area contributed by atoms with E-state index in [1.165, 1.54) is 12.5 Å². The molecule has 0 fully saturated rings. The predicted molar refractivity (Wildman–Crippen MR) is 236 cm³/mol. The number of unbranched alkanes of at least 4 members (excludes halogenated alkanes) is 1. The standard InChI is InChI=1S/C42H58N14O8/c43-15-7-6-13-30(36(45)59)52-40(63)33(18-25-21-50-29-12-5-4-11-27(25)29)56-38(61)31(14-8-16-49-42(46)47)53-39(62)32(17-24-9-2-1-3-10-24)55-41(64)34(19-26-22-48-23-51-26)54-37(60)28(44)20-35(57)58/h1-5,9-12,21-23,28,30-34,50H,6-8,13-20,43-44H2,(H2,45,59)(H,48,51)(H,52,63)(H,53,62)(H,54,60)(H,55,64)(H,56,61)(H,57,58)(H4,46,47,49)/t28-,30-,31-,32-,33-,34-/m0/s1/i/hD. The highest BCUT2D eigenvalue weighted by Crippen LogP contribution is 2.20. The molecule has 22 heteroatoms. The number of nitrogens with zero attached hydrogens (tertiary/aromatic N) is 2. The molecule has 2 heterocycles. The maximum absolute atomic E-state index is 14.4. The number of carboxylic acids is 1. The summed E-state index contributed by atoms with van der Waals surface area (Å²) in [7, 11) is 0. The Labute approximate surface area is 370 Å². The van der Waals surface area contributed by atoms with Crippen LogP contribution in [0.4, 0.5) is 0 Å². The van der Waals surface area contributed by atoms with Crippen LogP contribution in [0.5, 0.6) is 0 Å². The number of imidazole rings is 1. The fourth-order valence-electron chi connectivity index (χ4n) is 6.75. The molecule has 0 aliphatic heterocycles. The van der Waals surface area contributed by atoms with Gasteiger partial charge in [-0.2, -0.15) is 0 Å². The smallest absolute Gasteiger partial charge is 0.305 e. The number of carbonyl (C=O) groups is 7. The van der Waals surface area contributed by atoms with Gasteiger partial charge in [-0.05, 0) is 55.8 Å². The number of aromatic amines is 2. The van der Waals surface area contributed by atoms with Gasteiger partial charge in [-0.3, -0.25) is 38.6 Å². The Morgan fingerprint density at radius 2 is 1.33 bits per heavy atom. The number of aliphatic carboxylic acids is 1. The number of amides is 6. The second-order valence-corrected chi connectivity index (χ2v) is 15.1. The zero-order valence-corrected chi connectivity index (χ0v) is 35.2. The molecule has 0 aliphatic rings. The van der Waals surface area contributed by atoms with Crippen LogP contribution < -0.4 is 55.2 Å². The number of primary amides is 1. The zero-order chi connectivity index (χ0) is 47.5. The van der Waals surface area contributed by atoms with Gasteiger partial charge in [0.05, 0.1) is 18.8 Å². The van der Waals surface area contributed by atoms with Gasteiger partial charge in [0.1, 0.15) is 30.2 Å². The Kier molecular flexibility index (Phi) is 18.6. The van der Waals surface area contributed by atoms with E-state index >= 15 is 0 Å². The number of carbonyl (C=O) groups excluding carboxylic acids is 6. The van der Waals surface area contributed by atoms with Gasteiger partial charge in [0.25, 0.3) is 0 Å². The maximum Gasteiger partial charge on any atom is 0.305 e. The van der Waals surface area contributed by atoms with E-state index < -0.39 is 84.1 Å². The summed E-state index contributed by atoms with van der Waals surface area (Å²) in [4.78, 5) is 108. The lowest BCUT2D eigenvalue weighted by Crippen LogP contribution is -2.60. The van der Waals surface area contributed by atoms with Crippen molar-refractivity contribution in [2.75, 3.05) is 13.1 Å². The summed E-state index contributed by atoms with van der Waals surface area (Å²) in [6, 6.07) is 7.39. The number of aromatic nitrogens is 3. The van der Waals surface area contributed by atoms with E-state index in [1.54, 1.807) is 36.5 Å². The van der Waals surface area contributed by atoms with E-state index in [0.29, 0.717) is 36.2 Å². The molecule has 0 aliphatic carbocycles. The average molecular weight is 888 g/mol. The third-order valence-electron chi connectivity index (χ3n) is 10.1. The molecular formula is C42H58N14O8. The minimum atomic E-state index is -1.66. The number of hydrogen-bond acceptors (Lipinski definition) is 11.